The molecule has 0 spiro atoms. The maximum absolute atomic E-state index is 13.7. The summed E-state index contributed by atoms with van der Waals surface area (Å²) >= 11 is -1.80. The van der Waals surface area contributed by atoms with Gasteiger partial charge in [0.15, 0.2) is 11.5 Å². The summed E-state index contributed by atoms with van der Waals surface area (Å²) in [6, 6.07) is 3.50. The molecule has 9 heteroatoms. The minimum Gasteiger partial charge on any atom is -0.591 e. The average Bonchev–Trinajstić information content (AvgIpc) is 2.50. The van der Waals surface area contributed by atoms with Crippen molar-refractivity contribution in [2.24, 2.45) is 4.40 Å². The first-order valence-corrected chi connectivity index (χ1v) is 8.25. The van der Waals surface area contributed by atoms with Gasteiger partial charge in [-0.25, -0.2) is 14.4 Å². The minimum absolute atomic E-state index is 0.0428. The Morgan fingerprint density at radius 3 is 2.20 bits per heavy atom. The van der Waals surface area contributed by atoms with Gasteiger partial charge in [-0.1, -0.05) is 4.40 Å². The third-order valence-corrected chi connectivity index (χ3v) is 4.37. The molecule has 4 nitrogen and oxygen atoms in total. The number of benzene rings is 1. The van der Waals surface area contributed by atoms with Gasteiger partial charge < -0.3 is 4.55 Å². The lowest BCUT2D eigenvalue weighted by atomic mass is 10.1. The molecule has 1 aromatic heterocycles. The predicted octanol–water partition coefficient (Wildman–Crippen LogP) is 3.93. The summed E-state index contributed by atoms with van der Waals surface area (Å²) in [6.45, 7) is 4.97. The second-order valence-corrected chi connectivity index (χ2v) is 8.01. The van der Waals surface area contributed by atoms with Crippen LogP contribution in [0.15, 0.2) is 41.1 Å². The van der Waals surface area contributed by atoms with Crippen LogP contribution in [0.3, 0.4) is 0 Å². The zero-order chi connectivity index (χ0) is 18.8. The summed E-state index contributed by atoms with van der Waals surface area (Å²) in [4.78, 5) is 7.86. The number of aromatic nitrogens is 2. The van der Waals surface area contributed by atoms with E-state index in [0.717, 1.165) is 12.1 Å². The molecule has 0 aliphatic carbocycles. The number of halogens is 4. The molecule has 2 aromatic rings. The van der Waals surface area contributed by atoms with E-state index in [9.17, 15) is 22.1 Å². The van der Waals surface area contributed by atoms with Crippen molar-refractivity contribution in [1.29, 1.82) is 0 Å². The van der Waals surface area contributed by atoms with Crippen molar-refractivity contribution in [3.63, 3.8) is 0 Å². The van der Waals surface area contributed by atoms with E-state index in [-0.39, 0.29) is 17.1 Å². The number of alkyl halides is 3. The van der Waals surface area contributed by atoms with Crippen molar-refractivity contribution in [3.05, 3.63) is 59.4 Å². The van der Waals surface area contributed by atoms with E-state index in [1.54, 1.807) is 20.8 Å². The van der Waals surface area contributed by atoms with Gasteiger partial charge in [0, 0.05) is 18.0 Å². The van der Waals surface area contributed by atoms with E-state index >= 15 is 0 Å². The molecule has 0 bridgehead atoms. The standard InChI is InChI=1S/C16H15F4N3OS/c1-15(2,3)25(24)23-13(14-21-5-4-6-22-14)10-7-11(16(18,19)20)9-12(17)8-10/h4-9H,1-3H3/b23-13+. The van der Waals surface area contributed by atoms with Crippen LogP contribution >= 0.6 is 0 Å². The Bertz CT molecular complexity index is 773. The monoisotopic (exact) mass is 373 g/mol. The van der Waals surface area contributed by atoms with E-state index in [4.69, 9.17) is 0 Å². The summed E-state index contributed by atoms with van der Waals surface area (Å²) in [5.74, 6) is -1.13. The Morgan fingerprint density at radius 2 is 1.68 bits per heavy atom. The van der Waals surface area contributed by atoms with Gasteiger partial charge in [0.2, 0.25) is 0 Å². The van der Waals surface area contributed by atoms with Crippen LogP contribution in [0.25, 0.3) is 0 Å². The minimum atomic E-state index is -4.73. The van der Waals surface area contributed by atoms with Crippen LogP contribution in [-0.4, -0.2) is 25.0 Å². The molecule has 134 valence electrons. The summed E-state index contributed by atoms with van der Waals surface area (Å²) in [5, 5.41) is 0. The van der Waals surface area contributed by atoms with Gasteiger partial charge in [-0.3, -0.25) is 0 Å². The van der Waals surface area contributed by atoms with E-state index in [0.29, 0.717) is 6.07 Å². The summed E-state index contributed by atoms with van der Waals surface area (Å²) in [7, 11) is 0. The zero-order valence-electron chi connectivity index (χ0n) is 13.6. The van der Waals surface area contributed by atoms with E-state index in [2.05, 4.69) is 14.4 Å². The molecule has 0 saturated heterocycles. The van der Waals surface area contributed by atoms with Crippen molar-refractivity contribution in [2.45, 2.75) is 31.7 Å². The van der Waals surface area contributed by atoms with Crippen LogP contribution < -0.4 is 0 Å². The van der Waals surface area contributed by atoms with E-state index in [1.165, 1.54) is 18.5 Å². The molecule has 1 atom stereocenters. The zero-order valence-corrected chi connectivity index (χ0v) is 14.5. The van der Waals surface area contributed by atoms with Crippen LogP contribution in [-0.2, 0) is 17.5 Å². The van der Waals surface area contributed by atoms with Crippen molar-refractivity contribution < 1.29 is 22.1 Å². The van der Waals surface area contributed by atoms with Crippen LogP contribution in [0.4, 0.5) is 17.6 Å². The van der Waals surface area contributed by atoms with Crippen LogP contribution in [0.2, 0.25) is 0 Å². The molecular formula is C16H15F4N3OS. The summed E-state index contributed by atoms with van der Waals surface area (Å²) in [6.07, 6.45) is -2.01. The first kappa shape index (κ1) is 19.3. The average molecular weight is 373 g/mol. The topological polar surface area (TPSA) is 61.2 Å². The number of nitrogens with zero attached hydrogens (tertiary/aromatic N) is 3. The third-order valence-electron chi connectivity index (χ3n) is 2.97. The normalized spacial score (nSPS) is 14.5. The lowest BCUT2D eigenvalue weighted by molar-refractivity contribution is -0.137. The third kappa shape index (κ3) is 4.99. The molecule has 0 N–H and O–H groups in total. The van der Waals surface area contributed by atoms with Crippen LogP contribution in [0.5, 0.6) is 0 Å². The first-order chi connectivity index (χ1) is 11.5. The van der Waals surface area contributed by atoms with Crippen LogP contribution in [0.1, 0.15) is 37.7 Å². The Kier molecular flexibility index (Phi) is 5.48. The van der Waals surface area contributed by atoms with Crippen molar-refractivity contribution in [2.75, 3.05) is 0 Å². The van der Waals surface area contributed by atoms with Gasteiger partial charge in [-0.2, -0.15) is 13.2 Å². The SMILES string of the molecule is CC(C)(C)[S+]([O-])/N=C(\c1cc(F)cc(C(F)(F)F)c1)c1ncccn1. The van der Waals surface area contributed by atoms with Crippen molar-refractivity contribution >= 4 is 17.1 Å². The Labute approximate surface area is 145 Å². The highest BCUT2D eigenvalue weighted by molar-refractivity contribution is 7.91. The highest BCUT2D eigenvalue weighted by Crippen LogP contribution is 2.31. The molecule has 0 radical (unpaired) electrons. The maximum atomic E-state index is 13.7. The molecule has 0 aliphatic rings. The fourth-order valence-corrected chi connectivity index (χ4v) is 2.38. The van der Waals surface area contributed by atoms with Gasteiger partial charge in [0.1, 0.15) is 21.9 Å². The molecule has 0 amide bonds. The van der Waals surface area contributed by atoms with E-state index < -0.39 is 33.7 Å². The Morgan fingerprint density at radius 1 is 1.08 bits per heavy atom. The maximum Gasteiger partial charge on any atom is 0.416 e. The van der Waals surface area contributed by atoms with Gasteiger partial charge in [-0.15, -0.1) is 0 Å². The van der Waals surface area contributed by atoms with Crippen molar-refractivity contribution in [1.82, 2.24) is 9.97 Å². The molecule has 1 aromatic carbocycles. The fourth-order valence-electron chi connectivity index (χ4n) is 1.75. The Balaban J connectivity index is 2.65. The van der Waals surface area contributed by atoms with E-state index in [1.807, 2.05) is 0 Å². The van der Waals surface area contributed by atoms with Gasteiger partial charge >= 0.3 is 6.18 Å². The molecule has 0 fully saturated rings. The Hall–Kier alpha value is -2.00. The number of rotatable bonds is 3. The predicted molar refractivity (Wildman–Crippen MR) is 87.0 cm³/mol. The molecular weight excluding hydrogens is 358 g/mol. The largest absolute Gasteiger partial charge is 0.591 e. The molecule has 25 heavy (non-hydrogen) atoms. The molecule has 1 heterocycles. The lowest BCUT2D eigenvalue weighted by Crippen LogP contribution is -2.27. The molecule has 1 unspecified atom stereocenters. The van der Waals surface area contributed by atoms with Crippen LogP contribution in [0, 0.1) is 5.82 Å². The van der Waals surface area contributed by atoms with Gasteiger partial charge in [0.05, 0.1) is 5.56 Å². The van der Waals surface area contributed by atoms with Gasteiger partial charge in [0.25, 0.3) is 0 Å². The summed E-state index contributed by atoms with van der Waals surface area (Å²) in [5.41, 5.74) is -1.54. The highest BCUT2D eigenvalue weighted by Gasteiger charge is 2.33. The quantitative estimate of drug-likeness (QED) is 0.465. The van der Waals surface area contributed by atoms with Crippen molar-refractivity contribution in [3.8, 4) is 0 Å². The van der Waals surface area contributed by atoms with Gasteiger partial charge in [-0.05, 0) is 45.0 Å². The fraction of sp³-hybridized carbons (Fsp3) is 0.312. The smallest absolute Gasteiger partial charge is 0.416 e. The second-order valence-electron chi connectivity index (χ2n) is 6.10. The second kappa shape index (κ2) is 7.09. The molecule has 2 rings (SSSR count). The molecule has 0 saturated carbocycles. The first-order valence-electron chi connectivity index (χ1n) is 7.15. The number of hydrogen-bond donors (Lipinski definition) is 0. The highest BCUT2D eigenvalue weighted by atomic mass is 32.2. The summed E-state index contributed by atoms with van der Waals surface area (Å²) < 4.78 is 68.2. The molecule has 0 aliphatic heterocycles. The number of hydrogen-bond acceptors (Lipinski definition) is 4. The lowest BCUT2D eigenvalue weighted by Gasteiger charge is -2.19.